The van der Waals surface area contributed by atoms with Crippen LogP contribution in [0.15, 0.2) is 59.3 Å². The monoisotopic (exact) mass is 582 g/mol. The van der Waals surface area contributed by atoms with E-state index in [0.717, 1.165) is 60.0 Å². The molecule has 0 aliphatic carbocycles. The average Bonchev–Trinajstić information content (AvgIpc) is 2.90. The van der Waals surface area contributed by atoms with Gasteiger partial charge in [0.05, 0.1) is 21.7 Å². The molecule has 0 radical (unpaired) electrons. The van der Waals surface area contributed by atoms with Gasteiger partial charge in [-0.25, -0.2) is 14.7 Å². The first kappa shape index (κ1) is 25.4. The van der Waals surface area contributed by atoms with Crippen LogP contribution in [0.2, 0.25) is 0 Å². The molecule has 1 aliphatic rings. The zero-order chi connectivity index (χ0) is 25.8. The molecular weight excluding hydrogens is 558 g/mol. The van der Waals surface area contributed by atoms with Crippen molar-refractivity contribution in [2.75, 3.05) is 48.8 Å². The summed E-state index contributed by atoms with van der Waals surface area (Å²) in [6.45, 7) is 4.05. The highest BCUT2D eigenvalue weighted by molar-refractivity contribution is 9.10. The Hall–Kier alpha value is -3.23. The number of rotatable bonds is 8. The van der Waals surface area contributed by atoms with Crippen molar-refractivity contribution in [3.63, 3.8) is 0 Å². The SMILES string of the molecule is CN1CCN(c2cnc3cc(Nc4ncc(Br)c(Nc5ccccc5CNS(=O)[O-])n4)ccc3n2)CC1. The quantitative estimate of drug-likeness (QED) is 0.265. The van der Waals surface area contributed by atoms with Gasteiger partial charge in [-0.3, -0.25) is 9.19 Å². The minimum absolute atomic E-state index is 0.155. The van der Waals surface area contributed by atoms with Gasteiger partial charge >= 0.3 is 0 Å². The van der Waals surface area contributed by atoms with E-state index in [9.17, 15) is 8.76 Å². The fraction of sp³-hybridized carbons (Fsp3) is 0.250. The molecule has 37 heavy (non-hydrogen) atoms. The van der Waals surface area contributed by atoms with E-state index in [2.05, 4.69) is 63.1 Å². The summed E-state index contributed by atoms with van der Waals surface area (Å²) in [5.74, 6) is 1.82. The Morgan fingerprint density at radius 3 is 2.62 bits per heavy atom. The van der Waals surface area contributed by atoms with Gasteiger partial charge in [0.2, 0.25) is 5.95 Å². The number of nitrogens with zero attached hydrogens (tertiary/aromatic N) is 6. The van der Waals surface area contributed by atoms with E-state index < -0.39 is 11.3 Å². The highest BCUT2D eigenvalue weighted by Crippen LogP contribution is 2.28. The van der Waals surface area contributed by atoms with Gasteiger partial charge in [0.1, 0.15) is 11.6 Å². The van der Waals surface area contributed by atoms with Crippen LogP contribution < -0.4 is 20.3 Å². The largest absolute Gasteiger partial charge is 0.760 e. The number of anilines is 5. The van der Waals surface area contributed by atoms with E-state index in [4.69, 9.17) is 4.98 Å². The standard InChI is InChI=1S/C24H26BrN9O2S/c1-33-8-10-34(11-9-33)22-15-26-21-12-17(6-7-20(21)30-22)29-24-27-14-18(25)23(32-24)31-19-5-3-2-4-16(19)13-28-37(35)36/h2-7,12,14-15,28H,8-11,13H2,1H3,(H,35,36)(H2,27,29,31,32)/p-1. The molecule has 2 aromatic carbocycles. The number of para-hydroxylation sites is 1. The highest BCUT2D eigenvalue weighted by Gasteiger charge is 2.16. The smallest absolute Gasteiger partial charge is 0.229 e. The first-order valence-electron chi connectivity index (χ1n) is 11.6. The van der Waals surface area contributed by atoms with Crippen molar-refractivity contribution in [1.82, 2.24) is 29.6 Å². The molecule has 3 heterocycles. The molecule has 0 spiro atoms. The molecule has 13 heteroatoms. The summed E-state index contributed by atoms with van der Waals surface area (Å²) in [6.07, 6.45) is 3.47. The second-order valence-corrected chi connectivity index (χ2v) is 10.2. The van der Waals surface area contributed by atoms with Gasteiger partial charge in [-0.05, 0) is 52.8 Å². The number of hydrogen-bond acceptors (Lipinski definition) is 10. The Kier molecular flexibility index (Phi) is 7.86. The summed E-state index contributed by atoms with van der Waals surface area (Å²) in [5, 5.41) is 6.48. The third-order valence-electron chi connectivity index (χ3n) is 6.01. The van der Waals surface area contributed by atoms with Gasteiger partial charge in [-0.15, -0.1) is 0 Å². The summed E-state index contributed by atoms with van der Waals surface area (Å²) in [7, 11) is 2.13. The van der Waals surface area contributed by atoms with Crippen LogP contribution in [0.5, 0.6) is 0 Å². The van der Waals surface area contributed by atoms with Crippen molar-refractivity contribution in [3.05, 3.63) is 64.9 Å². The van der Waals surface area contributed by atoms with E-state index in [1.54, 1.807) is 6.20 Å². The summed E-state index contributed by atoms with van der Waals surface area (Å²) >= 11 is 1.13. The Bertz CT molecular complexity index is 1430. The lowest BCUT2D eigenvalue weighted by molar-refractivity contribution is 0.312. The van der Waals surface area contributed by atoms with Crippen LogP contribution in [0, 0.1) is 0 Å². The van der Waals surface area contributed by atoms with Crippen LogP contribution in [-0.2, 0) is 17.8 Å². The van der Waals surface area contributed by atoms with Gasteiger partial charge in [-0.2, -0.15) is 4.98 Å². The molecule has 1 atom stereocenters. The molecule has 4 aromatic rings. The van der Waals surface area contributed by atoms with Gasteiger partial charge < -0.3 is 25.0 Å². The predicted octanol–water partition coefficient (Wildman–Crippen LogP) is 3.31. The first-order valence-corrected chi connectivity index (χ1v) is 13.5. The molecule has 1 aliphatic heterocycles. The summed E-state index contributed by atoms with van der Waals surface area (Å²) in [5.41, 5.74) is 3.88. The second-order valence-electron chi connectivity index (χ2n) is 8.58. The normalized spacial score (nSPS) is 15.1. The number of halogens is 1. The third kappa shape index (κ3) is 6.37. The number of nitrogens with one attached hydrogen (secondary N) is 3. The maximum absolute atomic E-state index is 10.9. The average molecular weight is 583 g/mol. The minimum atomic E-state index is -2.35. The van der Waals surface area contributed by atoms with E-state index in [-0.39, 0.29) is 6.54 Å². The van der Waals surface area contributed by atoms with Crippen molar-refractivity contribution < 1.29 is 8.76 Å². The number of likely N-dealkylation sites (N-methyl/N-ethyl adjacent to an activating group) is 1. The van der Waals surface area contributed by atoms with E-state index in [0.29, 0.717) is 16.2 Å². The maximum Gasteiger partial charge on any atom is 0.229 e. The van der Waals surface area contributed by atoms with E-state index in [1.807, 2.05) is 48.7 Å². The second kappa shape index (κ2) is 11.4. The highest BCUT2D eigenvalue weighted by atomic mass is 79.9. The molecule has 0 bridgehead atoms. The predicted molar refractivity (Wildman–Crippen MR) is 148 cm³/mol. The molecule has 1 fully saturated rings. The van der Waals surface area contributed by atoms with Crippen LogP contribution in [0.1, 0.15) is 5.56 Å². The van der Waals surface area contributed by atoms with Gasteiger partial charge in [0.15, 0.2) is 0 Å². The van der Waals surface area contributed by atoms with Crippen LogP contribution in [0.25, 0.3) is 11.0 Å². The lowest BCUT2D eigenvalue weighted by Crippen LogP contribution is -2.44. The first-order chi connectivity index (χ1) is 17.9. The summed E-state index contributed by atoms with van der Waals surface area (Å²) in [6, 6.07) is 13.2. The molecule has 0 amide bonds. The molecule has 3 N–H and O–H groups in total. The molecule has 1 unspecified atom stereocenters. The Balaban J connectivity index is 1.32. The lowest BCUT2D eigenvalue weighted by atomic mass is 10.2. The van der Waals surface area contributed by atoms with Crippen molar-refractivity contribution >= 4 is 67.2 Å². The zero-order valence-corrected chi connectivity index (χ0v) is 22.4. The van der Waals surface area contributed by atoms with Crippen LogP contribution in [0.4, 0.5) is 29.0 Å². The number of benzene rings is 2. The van der Waals surface area contributed by atoms with Crippen LogP contribution in [-0.4, -0.2) is 66.8 Å². The Morgan fingerprint density at radius 1 is 1.00 bits per heavy atom. The van der Waals surface area contributed by atoms with Crippen molar-refractivity contribution in [2.24, 2.45) is 0 Å². The number of aromatic nitrogens is 4. The van der Waals surface area contributed by atoms with E-state index in [1.165, 1.54) is 0 Å². The van der Waals surface area contributed by atoms with Crippen molar-refractivity contribution in [3.8, 4) is 0 Å². The maximum atomic E-state index is 10.9. The van der Waals surface area contributed by atoms with Crippen LogP contribution in [0.3, 0.4) is 0 Å². The van der Waals surface area contributed by atoms with Gasteiger partial charge in [-0.1, -0.05) is 18.2 Å². The molecule has 0 saturated carbocycles. The Morgan fingerprint density at radius 2 is 1.81 bits per heavy atom. The molecule has 1 saturated heterocycles. The molecular formula is C24H25BrN9O2S-. The summed E-state index contributed by atoms with van der Waals surface area (Å²) < 4.78 is 24.9. The third-order valence-corrected chi connectivity index (χ3v) is 6.97. The summed E-state index contributed by atoms with van der Waals surface area (Å²) in [4.78, 5) is 23.0. The zero-order valence-electron chi connectivity index (χ0n) is 20.0. The fourth-order valence-electron chi connectivity index (χ4n) is 3.97. The Labute approximate surface area is 225 Å². The minimum Gasteiger partial charge on any atom is -0.760 e. The van der Waals surface area contributed by atoms with Crippen molar-refractivity contribution in [2.45, 2.75) is 6.54 Å². The molecule has 192 valence electrons. The molecule has 2 aromatic heterocycles. The van der Waals surface area contributed by atoms with Crippen molar-refractivity contribution in [1.29, 1.82) is 0 Å². The van der Waals surface area contributed by atoms with Crippen LogP contribution >= 0.6 is 15.9 Å². The number of fused-ring (bicyclic) bond motifs is 1. The number of piperazine rings is 1. The lowest BCUT2D eigenvalue weighted by Gasteiger charge is -2.33. The van der Waals surface area contributed by atoms with Gasteiger partial charge in [0, 0.05) is 61.6 Å². The fourth-order valence-corrected chi connectivity index (χ4v) is 4.53. The van der Waals surface area contributed by atoms with E-state index >= 15 is 0 Å². The molecule has 11 nitrogen and oxygen atoms in total. The topological polar surface area (TPSA) is 134 Å². The molecule has 5 rings (SSSR count). The number of hydrogen-bond donors (Lipinski definition) is 3. The van der Waals surface area contributed by atoms with Gasteiger partial charge in [0.25, 0.3) is 0 Å².